The molecule has 0 aromatic heterocycles. The Kier molecular flexibility index (Phi) is 7.20. The first-order chi connectivity index (χ1) is 12.5. The molecule has 0 heterocycles. The molecule has 2 aromatic carbocycles. The summed E-state index contributed by atoms with van der Waals surface area (Å²) in [6.45, 7) is 0.312. The first-order valence-corrected chi connectivity index (χ1v) is 8.09. The summed E-state index contributed by atoms with van der Waals surface area (Å²) in [5, 5.41) is 2.69. The van der Waals surface area contributed by atoms with Crippen LogP contribution in [-0.4, -0.2) is 33.3 Å². The number of amides is 1. The van der Waals surface area contributed by atoms with Gasteiger partial charge in [-0.1, -0.05) is 6.07 Å². The molecule has 0 saturated heterocycles. The van der Waals surface area contributed by atoms with Crippen molar-refractivity contribution in [3.05, 3.63) is 53.6 Å². The average molecular weight is 365 g/mol. The van der Waals surface area contributed by atoms with Gasteiger partial charge in [0.2, 0.25) is 5.91 Å². The lowest BCUT2D eigenvalue weighted by Crippen LogP contribution is -2.28. The standard InChI is InChI=1S/C19H21F2NO4/c1-24-17-6-3-13(11-18(17)25-2)4-8-19(23)22-9-10-26-16-7-5-14(20)12-15(16)21/h3,5-7,11-12H,4,8-10H2,1-2H3,(H,22,23). The predicted molar refractivity (Wildman–Crippen MR) is 92.7 cm³/mol. The Hall–Kier alpha value is -2.83. The topological polar surface area (TPSA) is 56.8 Å². The van der Waals surface area contributed by atoms with E-state index in [0.29, 0.717) is 24.3 Å². The van der Waals surface area contributed by atoms with Gasteiger partial charge in [0.15, 0.2) is 23.1 Å². The van der Waals surface area contributed by atoms with Crippen LogP contribution in [0.2, 0.25) is 0 Å². The second-order valence-corrected chi connectivity index (χ2v) is 5.46. The molecule has 2 aromatic rings. The smallest absolute Gasteiger partial charge is 0.220 e. The summed E-state index contributed by atoms with van der Waals surface area (Å²) < 4.78 is 41.7. The second-order valence-electron chi connectivity index (χ2n) is 5.46. The lowest BCUT2D eigenvalue weighted by Gasteiger charge is -2.10. The minimum Gasteiger partial charge on any atom is -0.493 e. The average Bonchev–Trinajstić information content (AvgIpc) is 2.64. The van der Waals surface area contributed by atoms with Gasteiger partial charge >= 0.3 is 0 Å². The molecule has 0 aliphatic rings. The Labute approximate surface area is 150 Å². The van der Waals surface area contributed by atoms with Gasteiger partial charge in [-0.15, -0.1) is 0 Å². The van der Waals surface area contributed by atoms with Crippen LogP contribution in [0.1, 0.15) is 12.0 Å². The summed E-state index contributed by atoms with van der Waals surface area (Å²) >= 11 is 0. The molecular weight excluding hydrogens is 344 g/mol. The highest BCUT2D eigenvalue weighted by molar-refractivity contribution is 5.76. The fraction of sp³-hybridized carbons (Fsp3) is 0.316. The van der Waals surface area contributed by atoms with Gasteiger partial charge in [-0.2, -0.15) is 0 Å². The van der Waals surface area contributed by atoms with E-state index in [1.165, 1.54) is 6.07 Å². The molecule has 2 rings (SSSR count). The van der Waals surface area contributed by atoms with Crippen LogP contribution in [0.15, 0.2) is 36.4 Å². The molecule has 26 heavy (non-hydrogen) atoms. The first-order valence-electron chi connectivity index (χ1n) is 8.09. The molecule has 0 atom stereocenters. The van der Waals surface area contributed by atoms with Gasteiger partial charge in [-0.3, -0.25) is 4.79 Å². The zero-order valence-electron chi connectivity index (χ0n) is 14.7. The lowest BCUT2D eigenvalue weighted by molar-refractivity contribution is -0.121. The largest absolute Gasteiger partial charge is 0.493 e. The number of ether oxygens (including phenoxy) is 3. The zero-order valence-corrected chi connectivity index (χ0v) is 14.7. The summed E-state index contributed by atoms with van der Waals surface area (Å²) in [5.74, 6) is -0.400. The summed E-state index contributed by atoms with van der Waals surface area (Å²) in [5.41, 5.74) is 0.947. The Balaban J connectivity index is 1.72. The van der Waals surface area contributed by atoms with Crippen molar-refractivity contribution in [1.82, 2.24) is 5.32 Å². The number of halogens is 2. The van der Waals surface area contributed by atoms with Gasteiger partial charge in [-0.05, 0) is 36.2 Å². The van der Waals surface area contributed by atoms with Gasteiger partial charge < -0.3 is 19.5 Å². The summed E-state index contributed by atoms with van der Waals surface area (Å²) in [7, 11) is 3.11. The van der Waals surface area contributed by atoms with Crippen molar-refractivity contribution in [2.75, 3.05) is 27.4 Å². The van der Waals surface area contributed by atoms with Crippen LogP contribution < -0.4 is 19.5 Å². The van der Waals surface area contributed by atoms with E-state index in [1.54, 1.807) is 20.3 Å². The summed E-state index contributed by atoms with van der Waals surface area (Å²) in [6, 6.07) is 8.56. The third-order valence-corrected chi connectivity index (χ3v) is 3.66. The summed E-state index contributed by atoms with van der Waals surface area (Å²) in [6.07, 6.45) is 0.833. The van der Waals surface area contributed by atoms with Crippen molar-refractivity contribution in [2.24, 2.45) is 0 Å². The molecule has 5 nitrogen and oxygen atoms in total. The maximum absolute atomic E-state index is 13.4. The Bertz CT molecular complexity index is 752. The van der Waals surface area contributed by atoms with Crippen LogP contribution in [0.5, 0.6) is 17.2 Å². The van der Waals surface area contributed by atoms with Crippen molar-refractivity contribution in [3.8, 4) is 17.2 Å². The van der Waals surface area contributed by atoms with Crippen LogP contribution in [0, 0.1) is 11.6 Å². The Morgan fingerprint density at radius 2 is 1.73 bits per heavy atom. The number of hydrogen-bond donors (Lipinski definition) is 1. The molecule has 0 bridgehead atoms. The van der Waals surface area contributed by atoms with Gasteiger partial charge in [0.05, 0.1) is 20.8 Å². The van der Waals surface area contributed by atoms with Gasteiger partial charge in [-0.25, -0.2) is 8.78 Å². The lowest BCUT2D eigenvalue weighted by atomic mass is 10.1. The number of carbonyl (C=O) groups excluding carboxylic acids is 1. The summed E-state index contributed by atoms with van der Waals surface area (Å²) in [4.78, 5) is 11.9. The van der Waals surface area contributed by atoms with E-state index in [9.17, 15) is 13.6 Å². The van der Waals surface area contributed by atoms with E-state index in [-0.39, 0.29) is 24.8 Å². The normalized spacial score (nSPS) is 10.3. The highest BCUT2D eigenvalue weighted by atomic mass is 19.1. The maximum atomic E-state index is 13.4. The first kappa shape index (κ1) is 19.5. The SMILES string of the molecule is COc1ccc(CCC(=O)NCCOc2ccc(F)cc2F)cc1OC. The molecular formula is C19H21F2NO4. The van der Waals surface area contributed by atoms with E-state index in [0.717, 1.165) is 17.7 Å². The van der Waals surface area contributed by atoms with Gasteiger partial charge in [0.1, 0.15) is 12.4 Å². The molecule has 0 radical (unpaired) electrons. The Morgan fingerprint density at radius 1 is 1.00 bits per heavy atom. The molecule has 1 N–H and O–H groups in total. The molecule has 0 fully saturated rings. The van der Waals surface area contributed by atoms with Crippen LogP contribution in [-0.2, 0) is 11.2 Å². The van der Waals surface area contributed by atoms with E-state index in [2.05, 4.69) is 5.32 Å². The monoisotopic (exact) mass is 365 g/mol. The predicted octanol–water partition coefficient (Wildman–Crippen LogP) is 3.11. The minimum absolute atomic E-state index is 0.0500. The van der Waals surface area contributed by atoms with E-state index >= 15 is 0 Å². The highest BCUT2D eigenvalue weighted by Crippen LogP contribution is 2.27. The minimum atomic E-state index is -0.773. The molecule has 0 aliphatic heterocycles. The fourth-order valence-corrected chi connectivity index (χ4v) is 2.33. The number of methoxy groups -OCH3 is 2. The molecule has 7 heteroatoms. The third kappa shape index (κ3) is 5.61. The number of rotatable bonds is 9. The molecule has 0 unspecified atom stereocenters. The van der Waals surface area contributed by atoms with E-state index in [4.69, 9.17) is 14.2 Å². The van der Waals surface area contributed by atoms with Crippen LogP contribution in [0.3, 0.4) is 0 Å². The van der Waals surface area contributed by atoms with Crippen molar-refractivity contribution in [3.63, 3.8) is 0 Å². The third-order valence-electron chi connectivity index (χ3n) is 3.66. The van der Waals surface area contributed by atoms with E-state index < -0.39 is 11.6 Å². The number of nitrogens with one attached hydrogen (secondary N) is 1. The molecule has 0 saturated carbocycles. The van der Waals surface area contributed by atoms with Crippen molar-refractivity contribution in [2.45, 2.75) is 12.8 Å². The maximum Gasteiger partial charge on any atom is 0.220 e. The van der Waals surface area contributed by atoms with Crippen LogP contribution >= 0.6 is 0 Å². The second kappa shape index (κ2) is 9.60. The number of carbonyl (C=O) groups is 1. The van der Waals surface area contributed by atoms with Crippen LogP contribution in [0.4, 0.5) is 8.78 Å². The molecule has 0 aliphatic carbocycles. The molecule has 1 amide bonds. The Morgan fingerprint density at radius 3 is 2.42 bits per heavy atom. The van der Waals surface area contributed by atoms with Crippen molar-refractivity contribution in [1.29, 1.82) is 0 Å². The molecule has 0 spiro atoms. The van der Waals surface area contributed by atoms with Gasteiger partial charge in [0.25, 0.3) is 0 Å². The van der Waals surface area contributed by atoms with Crippen molar-refractivity contribution >= 4 is 5.91 Å². The van der Waals surface area contributed by atoms with E-state index in [1.807, 2.05) is 12.1 Å². The van der Waals surface area contributed by atoms with Crippen LogP contribution in [0.25, 0.3) is 0 Å². The highest BCUT2D eigenvalue weighted by Gasteiger charge is 2.08. The number of aryl methyl sites for hydroxylation is 1. The van der Waals surface area contributed by atoms with Gasteiger partial charge in [0, 0.05) is 12.5 Å². The molecule has 140 valence electrons. The quantitative estimate of drug-likeness (QED) is 0.694. The number of benzene rings is 2. The number of hydrogen-bond acceptors (Lipinski definition) is 4. The zero-order chi connectivity index (χ0) is 18.9. The fourth-order valence-electron chi connectivity index (χ4n) is 2.33. The van der Waals surface area contributed by atoms with Crippen molar-refractivity contribution < 1.29 is 27.8 Å².